The first kappa shape index (κ1) is 23.4. The number of nitrogens with zero attached hydrogens (tertiary/aromatic N) is 1. The van der Waals surface area contributed by atoms with E-state index in [0.29, 0.717) is 11.3 Å². The molecular weight excluding hydrogens is 457 g/mol. The zero-order valence-corrected chi connectivity index (χ0v) is 19.4. The number of hydrogen-bond donors (Lipinski definition) is 2. The van der Waals surface area contributed by atoms with Gasteiger partial charge < -0.3 is 10.6 Å². The second-order valence-corrected chi connectivity index (χ2v) is 8.72. The summed E-state index contributed by atoms with van der Waals surface area (Å²) >= 11 is 0. The first-order valence-electron chi connectivity index (χ1n) is 9.58. The Labute approximate surface area is 178 Å². The van der Waals surface area contributed by atoms with Crippen LogP contribution < -0.4 is 10.6 Å². The highest BCUT2D eigenvalue weighted by Crippen LogP contribution is 2.22. The summed E-state index contributed by atoms with van der Waals surface area (Å²) in [6.45, 7) is 5.06. The molecule has 6 heteroatoms. The fourth-order valence-electron chi connectivity index (χ4n) is 3.41. The molecule has 0 aromatic heterocycles. The molecule has 26 heavy (non-hydrogen) atoms. The zero-order chi connectivity index (χ0) is 18.1. The van der Waals surface area contributed by atoms with Crippen LogP contribution in [0, 0.1) is 0 Å². The van der Waals surface area contributed by atoms with E-state index in [1.807, 2.05) is 14.0 Å². The lowest BCUT2D eigenvalue weighted by atomic mass is 9.95. The van der Waals surface area contributed by atoms with Gasteiger partial charge in [0.05, 0.1) is 0 Å². The van der Waals surface area contributed by atoms with Crippen molar-refractivity contribution in [3.8, 4) is 0 Å². The van der Waals surface area contributed by atoms with Gasteiger partial charge in [-0.2, -0.15) is 0 Å². The fraction of sp³-hybridized carbons (Fsp3) is 0.650. The Bertz CT molecular complexity index is 577. The van der Waals surface area contributed by atoms with Gasteiger partial charge in [-0.1, -0.05) is 44.5 Å². The summed E-state index contributed by atoms with van der Waals surface area (Å²) in [7, 11) is 1.13. The van der Waals surface area contributed by atoms with Crippen LogP contribution in [0.3, 0.4) is 0 Å². The predicted octanol–water partition coefficient (Wildman–Crippen LogP) is 3.65. The van der Waals surface area contributed by atoms with Crippen LogP contribution in [-0.4, -0.2) is 40.8 Å². The van der Waals surface area contributed by atoms with Crippen LogP contribution in [0.2, 0.25) is 0 Å². The van der Waals surface area contributed by atoms with Gasteiger partial charge in [0.15, 0.2) is 5.96 Å². The topological polar surface area (TPSA) is 53.5 Å². The van der Waals surface area contributed by atoms with Crippen molar-refractivity contribution in [2.24, 2.45) is 4.99 Å². The lowest BCUT2D eigenvalue weighted by molar-refractivity contribution is 0.413. The van der Waals surface area contributed by atoms with Crippen LogP contribution in [-0.2, 0) is 23.6 Å². The van der Waals surface area contributed by atoms with E-state index in [2.05, 4.69) is 46.8 Å². The Balaban J connectivity index is 0.00000338. The minimum absolute atomic E-state index is 0. The van der Waals surface area contributed by atoms with Gasteiger partial charge in [0.2, 0.25) is 0 Å². The monoisotopic (exact) mass is 491 g/mol. The van der Waals surface area contributed by atoms with E-state index in [9.17, 15) is 4.21 Å². The normalized spacial score (nSPS) is 21.6. The SMILES string of the molecule is CCc1ccc(CCNC(=NC)NC2CCCC(S(=O)CC)C2)cc1.I. The van der Waals surface area contributed by atoms with E-state index in [1.165, 1.54) is 11.1 Å². The van der Waals surface area contributed by atoms with Crippen molar-refractivity contribution >= 4 is 40.7 Å². The van der Waals surface area contributed by atoms with Crippen LogP contribution in [0.25, 0.3) is 0 Å². The molecule has 3 unspecified atom stereocenters. The van der Waals surface area contributed by atoms with Crippen molar-refractivity contribution in [2.45, 2.75) is 63.7 Å². The van der Waals surface area contributed by atoms with Crippen molar-refractivity contribution < 1.29 is 4.21 Å². The van der Waals surface area contributed by atoms with Gasteiger partial charge in [-0.05, 0) is 43.2 Å². The van der Waals surface area contributed by atoms with Gasteiger partial charge in [0.1, 0.15) is 0 Å². The number of benzene rings is 1. The standard InChI is InChI=1S/C20H33N3OS.HI/c1-4-16-9-11-17(12-10-16)13-14-22-20(21-3)23-18-7-6-8-19(15-18)25(24)5-2;/h9-12,18-19H,4-8,13-15H2,1-3H3,(H2,21,22,23);1H. The summed E-state index contributed by atoms with van der Waals surface area (Å²) in [6, 6.07) is 9.21. The van der Waals surface area contributed by atoms with E-state index in [4.69, 9.17) is 0 Å². The predicted molar refractivity (Wildman–Crippen MR) is 124 cm³/mol. The molecule has 0 spiro atoms. The minimum atomic E-state index is -0.684. The second-order valence-electron chi connectivity index (χ2n) is 6.72. The summed E-state index contributed by atoms with van der Waals surface area (Å²) in [5.74, 6) is 1.62. The molecule has 4 nitrogen and oxygen atoms in total. The second kappa shape index (κ2) is 12.7. The van der Waals surface area contributed by atoms with Gasteiger partial charge >= 0.3 is 0 Å². The highest BCUT2D eigenvalue weighted by Gasteiger charge is 2.25. The molecule has 0 bridgehead atoms. The smallest absolute Gasteiger partial charge is 0.191 e. The first-order valence-corrected chi connectivity index (χ1v) is 11.0. The summed E-state index contributed by atoms with van der Waals surface area (Å²) in [6.07, 6.45) is 6.43. The molecule has 148 valence electrons. The van der Waals surface area contributed by atoms with Crippen LogP contribution in [0.1, 0.15) is 50.7 Å². The average molecular weight is 491 g/mol. The largest absolute Gasteiger partial charge is 0.356 e. The van der Waals surface area contributed by atoms with Crippen LogP contribution in [0.5, 0.6) is 0 Å². The average Bonchev–Trinajstić information content (AvgIpc) is 2.67. The van der Waals surface area contributed by atoms with Gasteiger partial charge in [-0.25, -0.2) is 0 Å². The molecule has 1 aliphatic carbocycles. The number of halogens is 1. The summed E-state index contributed by atoms with van der Waals surface area (Å²) < 4.78 is 12.1. The molecule has 0 amide bonds. The van der Waals surface area contributed by atoms with Crippen molar-refractivity contribution in [3.63, 3.8) is 0 Å². The van der Waals surface area contributed by atoms with Gasteiger partial charge in [0.25, 0.3) is 0 Å². The maximum absolute atomic E-state index is 12.1. The molecule has 0 saturated heterocycles. The molecule has 1 aliphatic rings. The Morgan fingerprint density at radius 3 is 2.50 bits per heavy atom. The van der Waals surface area contributed by atoms with E-state index in [-0.39, 0.29) is 24.0 Å². The van der Waals surface area contributed by atoms with Crippen LogP contribution in [0.4, 0.5) is 0 Å². The number of aliphatic imine (C=N–C) groups is 1. The Morgan fingerprint density at radius 1 is 1.19 bits per heavy atom. The molecule has 1 fully saturated rings. The zero-order valence-electron chi connectivity index (χ0n) is 16.3. The lowest BCUT2D eigenvalue weighted by Gasteiger charge is -2.30. The highest BCUT2D eigenvalue weighted by atomic mass is 127. The van der Waals surface area contributed by atoms with Crippen molar-refractivity contribution in [1.29, 1.82) is 0 Å². The molecule has 0 radical (unpaired) electrons. The molecule has 1 aromatic carbocycles. The third-order valence-corrected chi connectivity index (χ3v) is 6.72. The first-order chi connectivity index (χ1) is 12.2. The third-order valence-electron chi connectivity index (χ3n) is 4.98. The minimum Gasteiger partial charge on any atom is -0.356 e. The fourth-order valence-corrected chi connectivity index (χ4v) is 4.75. The summed E-state index contributed by atoms with van der Waals surface area (Å²) in [5.41, 5.74) is 2.72. The molecule has 1 saturated carbocycles. The van der Waals surface area contributed by atoms with Gasteiger partial charge in [-0.15, -0.1) is 24.0 Å². The quantitative estimate of drug-likeness (QED) is 0.348. The van der Waals surface area contributed by atoms with Gasteiger partial charge in [-0.3, -0.25) is 9.20 Å². The van der Waals surface area contributed by atoms with Crippen LogP contribution in [0.15, 0.2) is 29.3 Å². The molecule has 2 rings (SSSR count). The summed E-state index contributed by atoms with van der Waals surface area (Å²) in [5, 5.41) is 7.28. The maximum Gasteiger partial charge on any atom is 0.191 e. The molecule has 1 aromatic rings. The van der Waals surface area contributed by atoms with Crippen LogP contribution >= 0.6 is 24.0 Å². The number of hydrogen-bond acceptors (Lipinski definition) is 2. The Morgan fingerprint density at radius 2 is 1.88 bits per heavy atom. The highest BCUT2D eigenvalue weighted by molar-refractivity contribution is 14.0. The summed E-state index contributed by atoms with van der Waals surface area (Å²) in [4.78, 5) is 4.35. The Kier molecular flexibility index (Phi) is 11.4. The molecular formula is C20H34IN3OS. The lowest BCUT2D eigenvalue weighted by Crippen LogP contribution is -2.47. The maximum atomic E-state index is 12.1. The van der Waals surface area contributed by atoms with E-state index in [0.717, 1.165) is 56.8 Å². The van der Waals surface area contributed by atoms with Crippen molar-refractivity contribution in [3.05, 3.63) is 35.4 Å². The molecule has 0 heterocycles. The van der Waals surface area contributed by atoms with E-state index in [1.54, 1.807) is 0 Å². The number of aryl methyl sites for hydroxylation is 1. The number of guanidine groups is 1. The number of rotatable bonds is 7. The molecule has 3 atom stereocenters. The molecule has 2 N–H and O–H groups in total. The van der Waals surface area contributed by atoms with E-state index < -0.39 is 10.8 Å². The van der Waals surface area contributed by atoms with Gasteiger partial charge in [0, 0.05) is 41.4 Å². The van der Waals surface area contributed by atoms with E-state index >= 15 is 0 Å². The van der Waals surface area contributed by atoms with Crippen molar-refractivity contribution in [1.82, 2.24) is 10.6 Å². The molecule has 0 aliphatic heterocycles. The number of nitrogens with one attached hydrogen (secondary N) is 2. The third kappa shape index (κ3) is 7.55. The Hall–Kier alpha value is -0.630. The van der Waals surface area contributed by atoms with Crippen molar-refractivity contribution in [2.75, 3.05) is 19.3 Å².